The minimum Gasteiger partial charge on any atom is -0.357 e. The maximum absolute atomic E-state index is 4.92. The number of nitrogens with zero attached hydrogens (tertiary/aromatic N) is 5. The third-order valence-corrected chi connectivity index (χ3v) is 5.26. The number of aliphatic imine (C=N–C) groups is 1. The van der Waals surface area contributed by atoms with Crippen molar-refractivity contribution in [2.24, 2.45) is 10.9 Å². The van der Waals surface area contributed by atoms with Crippen molar-refractivity contribution in [3.8, 4) is 0 Å². The summed E-state index contributed by atoms with van der Waals surface area (Å²) in [6.07, 6.45) is 11.2. The summed E-state index contributed by atoms with van der Waals surface area (Å²) >= 11 is 0. The second-order valence-corrected chi connectivity index (χ2v) is 7.81. The van der Waals surface area contributed by atoms with E-state index in [2.05, 4.69) is 46.5 Å². The van der Waals surface area contributed by atoms with Crippen molar-refractivity contribution in [1.29, 1.82) is 0 Å². The second-order valence-electron chi connectivity index (χ2n) is 7.81. The lowest BCUT2D eigenvalue weighted by Gasteiger charge is -2.32. The van der Waals surface area contributed by atoms with Crippen molar-refractivity contribution in [3.63, 3.8) is 0 Å². The first-order chi connectivity index (χ1) is 13.2. The van der Waals surface area contributed by atoms with Gasteiger partial charge in [0.05, 0.1) is 6.54 Å². The monoisotopic (exact) mass is 505 g/mol. The maximum Gasteiger partial charge on any atom is 0.191 e. The summed E-state index contributed by atoms with van der Waals surface area (Å²) in [6.45, 7) is 12.9. The number of unbranched alkanes of at least 4 members (excludes halogenated alkanes) is 1. The Morgan fingerprint density at radius 3 is 2.32 bits per heavy atom. The van der Waals surface area contributed by atoms with Crippen molar-refractivity contribution in [1.82, 2.24) is 30.3 Å². The van der Waals surface area contributed by atoms with Crippen molar-refractivity contribution in [2.75, 3.05) is 32.7 Å². The Labute approximate surface area is 188 Å². The van der Waals surface area contributed by atoms with Gasteiger partial charge in [0, 0.05) is 25.7 Å². The summed E-state index contributed by atoms with van der Waals surface area (Å²) in [4.78, 5) is 7.59. The molecule has 1 atom stereocenters. The fourth-order valence-electron chi connectivity index (χ4n) is 3.67. The lowest BCUT2D eigenvalue weighted by Crippen LogP contribution is -2.44. The molecule has 2 rings (SSSR count). The number of hydrogen-bond acceptors (Lipinski definition) is 4. The first kappa shape index (κ1) is 25.1. The van der Waals surface area contributed by atoms with Gasteiger partial charge in [0.1, 0.15) is 12.7 Å². The van der Waals surface area contributed by atoms with E-state index >= 15 is 0 Å². The van der Waals surface area contributed by atoms with E-state index in [4.69, 9.17) is 4.99 Å². The third-order valence-electron chi connectivity index (χ3n) is 5.26. The van der Waals surface area contributed by atoms with E-state index in [0.717, 1.165) is 45.0 Å². The first-order valence-corrected chi connectivity index (χ1v) is 10.8. The smallest absolute Gasteiger partial charge is 0.191 e. The molecule has 0 aromatic carbocycles. The van der Waals surface area contributed by atoms with Gasteiger partial charge < -0.3 is 15.2 Å². The quantitative estimate of drug-likeness (QED) is 0.221. The molecule has 0 aliphatic carbocycles. The Bertz CT molecular complexity index is 511. The number of rotatable bonds is 10. The summed E-state index contributed by atoms with van der Waals surface area (Å²) in [5, 5.41) is 14.6. The van der Waals surface area contributed by atoms with Crippen molar-refractivity contribution >= 4 is 29.9 Å². The molecule has 0 radical (unpaired) electrons. The van der Waals surface area contributed by atoms with Crippen LogP contribution >= 0.6 is 24.0 Å². The minimum absolute atomic E-state index is 0. The molecular weight excluding hydrogens is 465 g/mol. The fourth-order valence-corrected chi connectivity index (χ4v) is 3.67. The molecule has 1 aliphatic rings. The number of hydrogen-bond donors (Lipinski definition) is 2. The van der Waals surface area contributed by atoms with Gasteiger partial charge in [-0.2, -0.15) is 0 Å². The fraction of sp³-hybridized carbons (Fsp3) is 0.850. The molecule has 1 aromatic heterocycles. The summed E-state index contributed by atoms with van der Waals surface area (Å²) in [5.41, 5.74) is 0. The topological polar surface area (TPSA) is 70.4 Å². The van der Waals surface area contributed by atoms with Gasteiger partial charge in [-0.3, -0.25) is 9.89 Å². The van der Waals surface area contributed by atoms with Crippen LogP contribution in [0.3, 0.4) is 0 Å². The van der Waals surface area contributed by atoms with E-state index < -0.39 is 0 Å². The molecule has 2 N–H and O–H groups in total. The highest BCUT2D eigenvalue weighted by Crippen LogP contribution is 2.17. The predicted molar refractivity (Wildman–Crippen MR) is 127 cm³/mol. The highest BCUT2D eigenvalue weighted by atomic mass is 127. The van der Waals surface area contributed by atoms with Gasteiger partial charge in [-0.15, -0.1) is 34.2 Å². The molecule has 0 spiro atoms. The van der Waals surface area contributed by atoms with E-state index in [0.29, 0.717) is 12.0 Å². The van der Waals surface area contributed by atoms with Crippen LogP contribution < -0.4 is 10.6 Å². The third kappa shape index (κ3) is 9.54. The molecule has 7 nitrogen and oxygen atoms in total. The minimum atomic E-state index is 0. The van der Waals surface area contributed by atoms with Gasteiger partial charge in [-0.05, 0) is 51.6 Å². The first-order valence-electron chi connectivity index (χ1n) is 10.8. The van der Waals surface area contributed by atoms with Crippen LogP contribution in [0.2, 0.25) is 0 Å². The molecule has 1 fully saturated rings. The molecule has 162 valence electrons. The van der Waals surface area contributed by atoms with Gasteiger partial charge in [-0.25, -0.2) is 0 Å². The number of halogens is 1. The number of guanidine groups is 1. The van der Waals surface area contributed by atoms with Crippen LogP contribution in [0.15, 0.2) is 17.6 Å². The number of aryl methyl sites for hydroxylation is 1. The zero-order chi connectivity index (χ0) is 19.3. The van der Waals surface area contributed by atoms with Crippen LogP contribution in [-0.2, 0) is 6.54 Å². The van der Waals surface area contributed by atoms with Crippen LogP contribution in [0.4, 0.5) is 0 Å². The largest absolute Gasteiger partial charge is 0.357 e. The van der Waals surface area contributed by atoms with Gasteiger partial charge in [0.2, 0.25) is 0 Å². The average Bonchev–Trinajstić information content (AvgIpc) is 3.03. The summed E-state index contributed by atoms with van der Waals surface area (Å²) in [7, 11) is 0. The maximum atomic E-state index is 4.92. The second kappa shape index (κ2) is 15.0. The van der Waals surface area contributed by atoms with E-state index in [-0.39, 0.29) is 24.0 Å². The van der Waals surface area contributed by atoms with Gasteiger partial charge in [0.15, 0.2) is 5.96 Å². The number of aromatic nitrogens is 3. The Hall–Kier alpha value is -0.900. The molecule has 8 heteroatoms. The van der Waals surface area contributed by atoms with Crippen molar-refractivity contribution < 1.29 is 0 Å². The average molecular weight is 505 g/mol. The van der Waals surface area contributed by atoms with Gasteiger partial charge >= 0.3 is 0 Å². The molecule has 2 heterocycles. The lowest BCUT2D eigenvalue weighted by atomic mass is 10.0. The van der Waals surface area contributed by atoms with Crippen LogP contribution in [-0.4, -0.2) is 64.4 Å². The SMILES string of the molecule is CCNC(=NCC(C(C)C)N1CCCCCC1)NCCCCn1cnnc1.I. The highest BCUT2D eigenvalue weighted by molar-refractivity contribution is 14.0. The molecule has 0 bridgehead atoms. The Morgan fingerprint density at radius 1 is 1.04 bits per heavy atom. The molecule has 0 amide bonds. The Morgan fingerprint density at radius 2 is 1.71 bits per heavy atom. The van der Waals surface area contributed by atoms with Crippen LogP contribution in [0, 0.1) is 5.92 Å². The summed E-state index contributed by atoms with van der Waals surface area (Å²) in [6, 6.07) is 0.535. The standard InChI is InChI=1S/C20H39N7.HI/c1-4-21-20(22-11-7-10-12-26-16-24-25-17-26)23-15-19(18(2)3)27-13-8-5-6-9-14-27;/h16-19H,4-15H2,1-3H3,(H2,21,22,23);1H. The normalized spacial score (nSPS) is 17.1. The van der Waals surface area contributed by atoms with E-state index in [1.54, 1.807) is 12.7 Å². The van der Waals surface area contributed by atoms with Crippen LogP contribution in [0.25, 0.3) is 0 Å². The van der Waals surface area contributed by atoms with Crippen LogP contribution in [0.1, 0.15) is 59.3 Å². The molecule has 0 saturated carbocycles. The number of likely N-dealkylation sites (tertiary alicyclic amines) is 1. The van der Waals surface area contributed by atoms with Crippen molar-refractivity contribution in [2.45, 2.75) is 71.9 Å². The predicted octanol–water partition coefficient (Wildman–Crippen LogP) is 3.13. The van der Waals surface area contributed by atoms with E-state index in [9.17, 15) is 0 Å². The van der Waals surface area contributed by atoms with E-state index in [1.165, 1.54) is 38.8 Å². The highest BCUT2D eigenvalue weighted by Gasteiger charge is 2.22. The Balaban J connectivity index is 0.00000392. The number of nitrogens with one attached hydrogen (secondary N) is 2. The lowest BCUT2D eigenvalue weighted by molar-refractivity contribution is 0.166. The van der Waals surface area contributed by atoms with Gasteiger partial charge in [0.25, 0.3) is 0 Å². The van der Waals surface area contributed by atoms with Crippen LogP contribution in [0.5, 0.6) is 0 Å². The Kier molecular flexibility index (Phi) is 13.5. The van der Waals surface area contributed by atoms with E-state index in [1.807, 2.05) is 4.57 Å². The zero-order valence-electron chi connectivity index (χ0n) is 17.9. The molecule has 1 aromatic rings. The molecule has 28 heavy (non-hydrogen) atoms. The molecular formula is C20H40IN7. The summed E-state index contributed by atoms with van der Waals surface area (Å²) < 4.78 is 2.02. The molecule has 1 unspecified atom stereocenters. The molecule has 1 aliphatic heterocycles. The molecule has 1 saturated heterocycles. The summed E-state index contributed by atoms with van der Waals surface area (Å²) in [5.74, 6) is 1.57. The van der Waals surface area contributed by atoms with Gasteiger partial charge in [-0.1, -0.05) is 26.7 Å². The zero-order valence-corrected chi connectivity index (χ0v) is 20.3. The van der Waals surface area contributed by atoms with Crippen molar-refractivity contribution in [3.05, 3.63) is 12.7 Å².